The molecule has 4 heterocycles. The number of likely N-dealkylation sites (N-methyl/N-ethyl adjacent to an activating group) is 1. The Kier molecular flexibility index (Phi) is 5.58. The van der Waals surface area contributed by atoms with E-state index in [1.807, 2.05) is 33.9 Å². The average molecular weight is 476 g/mol. The van der Waals surface area contributed by atoms with Gasteiger partial charge in [-0.05, 0) is 51.7 Å². The van der Waals surface area contributed by atoms with E-state index in [9.17, 15) is 10.1 Å². The number of amides is 1. The van der Waals surface area contributed by atoms with Gasteiger partial charge in [-0.25, -0.2) is 19.7 Å². The first-order valence-electron chi connectivity index (χ1n) is 12.3. The molecule has 9 nitrogen and oxygen atoms in total. The molecule has 35 heavy (non-hydrogen) atoms. The van der Waals surface area contributed by atoms with Gasteiger partial charge in [0.25, 0.3) is 0 Å². The Hall–Kier alpha value is -3.41. The normalized spacial score (nSPS) is 22.5. The van der Waals surface area contributed by atoms with Crippen LogP contribution >= 0.6 is 0 Å². The lowest BCUT2D eigenvalue weighted by atomic mass is 9.66. The van der Waals surface area contributed by atoms with Gasteiger partial charge < -0.3 is 19.4 Å². The number of anilines is 3. The predicted octanol–water partition coefficient (Wildman–Crippen LogP) is 4.01. The third kappa shape index (κ3) is 4.05. The van der Waals surface area contributed by atoms with Crippen molar-refractivity contribution in [3.63, 3.8) is 0 Å². The van der Waals surface area contributed by atoms with Crippen molar-refractivity contribution in [1.82, 2.24) is 19.9 Å². The molecule has 2 aromatic rings. The fraction of sp³-hybridized carbons (Fsp3) is 0.577. The Morgan fingerprint density at radius 1 is 1.23 bits per heavy atom. The van der Waals surface area contributed by atoms with Crippen LogP contribution in [0.1, 0.15) is 58.1 Å². The summed E-state index contributed by atoms with van der Waals surface area (Å²) in [5.41, 5.74) is 1.23. The van der Waals surface area contributed by atoms with E-state index in [2.05, 4.69) is 27.8 Å². The van der Waals surface area contributed by atoms with E-state index in [4.69, 9.17) is 14.7 Å². The van der Waals surface area contributed by atoms with E-state index in [1.165, 1.54) is 12.0 Å². The summed E-state index contributed by atoms with van der Waals surface area (Å²) in [7, 11) is 1.83. The Labute approximate surface area is 206 Å². The van der Waals surface area contributed by atoms with Crippen LogP contribution in [0.15, 0.2) is 24.7 Å². The van der Waals surface area contributed by atoms with Crippen molar-refractivity contribution in [3.8, 4) is 6.07 Å². The van der Waals surface area contributed by atoms with Gasteiger partial charge in [-0.1, -0.05) is 13.3 Å². The minimum atomic E-state index is -0.530. The minimum absolute atomic E-state index is 0.00531. The van der Waals surface area contributed by atoms with Gasteiger partial charge in [0.15, 0.2) is 0 Å². The molecule has 1 spiro atoms. The fourth-order valence-electron chi connectivity index (χ4n) is 5.68. The molecule has 1 amide bonds. The highest BCUT2D eigenvalue weighted by Gasteiger charge is 2.52. The van der Waals surface area contributed by atoms with Crippen LogP contribution in [0.25, 0.3) is 0 Å². The number of fused-ring (bicyclic) bond motifs is 2. The number of aromatic nitrogens is 3. The van der Waals surface area contributed by atoms with Crippen molar-refractivity contribution in [2.24, 2.45) is 5.92 Å². The largest absolute Gasteiger partial charge is 0.444 e. The molecule has 3 aliphatic rings. The van der Waals surface area contributed by atoms with Crippen LogP contribution < -0.4 is 9.80 Å². The number of ether oxygens (including phenoxy) is 1. The Bertz CT molecular complexity index is 1180. The third-order valence-corrected chi connectivity index (χ3v) is 7.57. The van der Waals surface area contributed by atoms with Crippen molar-refractivity contribution < 1.29 is 9.53 Å². The first-order valence-corrected chi connectivity index (χ1v) is 12.3. The van der Waals surface area contributed by atoms with Crippen molar-refractivity contribution in [2.75, 3.05) is 36.5 Å². The monoisotopic (exact) mass is 475 g/mol. The van der Waals surface area contributed by atoms with E-state index in [0.717, 1.165) is 43.4 Å². The molecule has 0 N–H and O–H groups in total. The molecule has 2 aliphatic heterocycles. The van der Waals surface area contributed by atoms with E-state index in [0.29, 0.717) is 12.1 Å². The van der Waals surface area contributed by atoms with Gasteiger partial charge in [-0.3, -0.25) is 0 Å². The van der Waals surface area contributed by atoms with Crippen LogP contribution in [0.2, 0.25) is 0 Å². The lowest BCUT2D eigenvalue weighted by Crippen LogP contribution is -2.44. The summed E-state index contributed by atoms with van der Waals surface area (Å²) in [6, 6.07) is 5.79. The van der Waals surface area contributed by atoms with Crippen LogP contribution in [-0.2, 0) is 10.2 Å². The summed E-state index contributed by atoms with van der Waals surface area (Å²) >= 11 is 0. The number of hydrogen-bond acceptors (Lipinski definition) is 8. The number of nitrogens with zero attached hydrogens (tertiary/aromatic N) is 7. The van der Waals surface area contributed by atoms with Crippen molar-refractivity contribution >= 4 is 23.5 Å². The van der Waals surface area contributed by atoms with Crippen LogP contribution in [-0.4, -0.2) is 64.3 Å². The first kappa shape index (κ1) is 23.3. The smallest absolute Gasteiger partial charge is 0.410 e. The summed E-state index contributed by atoms with van der Waals surface area (Å²) in [5, 5.41) is 9.38. The SMILES string of the molecule is C[C@H]1CN(c2ncnc3c2C2(CCC2)CN3c2cc(C#N)ccn2)C[C@@H]1N(C)C(=O)OC(C)(C)C. The molecule has 0 unspecified atom stereocenters. The average Bonchev–Trinajstić information content (AvgIpc) is 3.36. The zero-order chi connectivity index (χ0) is 25.0. The molecule has 9 heteroatoms. The lowest BCUT2D eigenvalue weighted by molar-refractivity contribution is 0.0208. The zero-order valence-electron chi connectivity index (χ0n) is 21.2. The molecular formula is C26H33N7O2. The molecule has 0 radical (unpaired) electrons. The Morgan fingerprint density at radius 2 is 1.97 bits per heavy atom. The van der Waals surface area contributed by atoms with Gasteiger partial charge in [0.2, 0.25) is 0 Å². The topological polar surface area (TPSA) is 98.5 Å². The van der Waals surface area contributed by atoms with Crippen molar-refractivity contribution in [1.29, 1.82) is 5.26 Å². The Morgan fingerprint density at radius 3 is 2.63 bits per heavy atom. The maximum Gasteiger partial charge on any atom is 0.410 e. The molecule has 1 saturated carbocycles. The zero-order valence-corrected chi connectivity index (χ0v) is 21.2. The van der Waals surface area contributed by atoms with Gasteiger partial charge in [-0.2, -0.15) is 5.26 Å². The summed E-state index contributed by atoms with van der Waals surface area (Å²) in [4.78, 5) is 33.0. The lowest BCUT2D eigenvalue weighted by Gasteiger charge is -2.40. The highest BCUT2D eigenvalue weighted by molar-refractivity contribution is 5.75. The fourth-order valence-corrected chi connectivity index (χ4v) is 5.68. The van der Waals surface area contributed by atoms with Gasteiger partial charge in [0, 0.05) is 43.9 Å². The molecule has 1 aliphatic carbocycles. The molecule has 2 fully saturated rings. The maximum atomic E-state index is 12.8. The molecule has 5 rings (SSSR count). The molecule has 2 atom stereocenters. The molecule has 2 aromatic heterocycles. The van der Waals surface area contributed by atoms with Gasteiger partial charge >= 0.3 is 6.09 Å². The number of carbonyl (C=O) groups excluding carboxylic acids is 1. The standard InChI is InChI=1S/C26H33N7O2/c1-17-13-32(14-19(17)31(5)24(34)35-25(2,3)4)22-21-23(30-16-29-22)33(15-26(21)8-6-9-26)20-11-18(12-27)7-10-28-20/h7,10-11,16-17,19H,6,8-9,13-15H2,1-5H3/t17-,19-/m0/s1. The van der Waals surface area contributed by atoms with Crippen LogP contribution in [0.5, 0.6) is 0 Å². The summed E-state index contributed by atoms with van der Waals surface area (Å²) in [6.07, 6.45) is 6.35. The van der Waals surface area contributed by atoms with Gasteiger partial charge in [0.1, 0.15) is 29.4 Å². The second kappa shape index (κ2) is 8.36. The van der Waals surface area contributed by atoms with Crippen molar-refractivity contribution in [3.05, 3.63) is 35.8 Å². The number of hydrogen-bond donors (Lipinski definition) is 0. The summed E-state index contributed by atoms with van der Waals surface area (Å²) in [5.74, 6) is 2.85. The molecule has 184 valence electrons. The maximum absolute atomic E-state index is 12.8. The third-order valence-electron chi connectivity index (χ3n) is 7.57. The number of pyridine rings is 1. The van der Waals surface area contributed by atoms with Crippen LogP contribution in [0, 0.1) is 17.2 Å². The Balaban J connectivity index is 1.46. The summed E-state index contributed by atoms with van der Waals surface area (Å²) in [6.45, 7) is 10.1. The van der Waals surface area contributed by atoms with E-state index >= 15 is 0 Å². The van der Waals surface area contributed by atoms with Crippen LogP contribution in [0.3, 0.4) is 0 Å². The second-order valence-electron chi connectivity index (χ2n) is 11.2. The van der Waals surface area contributed by atoms with E-state index in [1.54, 1.807) is 23.5 Å². The molecule has 1 saturated heterocycles. The number of nitriles is 1. The highest BCUT2D eigenvalue weighted by atomic mass is 16.6. The minimum Gasteiger partial charge on any atom is -0.444 e. The van der Waals surface area contributed by atoms with Crippen molar-refractivity contribution in [2.45, 2.75) is 64.0 Å². The second-order valence-corrected chi connectivity index (χ2v) is 11.2. The summed E-state index contributed by atoms with van der Waals surface area (Å²) < 4.78 is 5.62. The quantitative estimate of drug-likeness (QED) is 0.657. The van der Waals surface area contributed by atoms with Gasteiger partial charge in [0.05, 0.1) is 17.7 Å². The van der Waals surface area contributed by atoms with E-state index < -0.39 is 5.60 Å². The van der Waals surface area contributed by atoms with E-state index in [-0.39, 0.29) is 23.5 Å². The molecule has 0 bridgehead atoms. The number of rotatable bonds is 3. The highest BCUT2D eigenvalue weighted by Crippen LogP contribution is 2.56. The number of carbonyl (C=O) groups is 1. The predicted molar refractivity (Wildman–Crippen MR) is 133 cm³/mol. The first-order chi connectivity index (χ1) is 16.6. The van der Waals surface area contributed by atoms with Crippen LogP contribution in [0.4, 0.5) is 22.2 Å². The molecular weight excluding hydrogens is 442 g/mol. The van der Waals surface area contributed by atoms with Gasteiger partial charge in [-0.15, -0.1) is 0 Å². The molecule has 0 aromatic carbocycles.